The van der Waals surface area contributed by atoms with Gasteiger partial charge in [-0.05, 0) is 34.5 Å². The Morgan fingerprint density at radius 2 is 2.20 bits per heavy atom. The number of nitrogens with one attached hydrogen (secondary N) is 1. The van der Waals surface area contributed by atoms with Crippen molar-refractivity contribution in [2.45, 2.75) is 13.3 Å². The van der Waals surface area contributed by atoms with Crippen LogP contribution in [-0.2, 0) is 4.79 Å². The Morgan fingerprint density at radius 1 is 1.45 bits per heavy atom. The number of fused-ring (bicyclic) bond motifs is 1. The molecule has 20 heavy (non-hydrogen) atoms. The smallest absolute Gasteiger partial charge is 0.308 e. The van der Waals surface area contributed by atoms with Gasteiger partial charge in [0.15, 0.2) is 5.76 Å². The van der Waals surface area contributed by atoms with E-state index in [0.717, 1.165) is 9.86 Å². The average Bonchev–Trinajstić information content (AvgIpc) is 2.84. The normalized spacial score (nSPS) is 12.3. The van der Waals surface area contributed by atoms with Crippen LogP contribution in [0.3, 0.4) is 0 Å². The largest absolute Gasteiger partial charge is 0.481 e. The van der Waals surface area contributed by atoms with E-state index >= 15 is 0 Å². The molecule has 0 aliphatic rings. The Labute approximate surface area is 124 Å². The first kappa shape index (κ1) is 14.6. The summed E-state index contributed by atoms with van der Waals surface area (Å²) in [5.41, 5.74) is 0.600. The highest BCUT2D eigenvalue weighted by Gasteiger charge is 2.18. The third-order valence-electron chi connectivity index (χ3n) is 3.07. The Bertz CT molecular complexity index is 650. The average molecular weight is 340 g/mol. The summed E-state index contributed by atoms with van der Waals surface area (Å²) in [6, 6.07) is 7.15. The summed E-state index contributed by atoms with van der Waals surface area (Å²) in [5.74, 6) is -1.74. The minimum absolute atomic E-state index is 0.0862. The van der Waals surface area contributed by atoms with Crippen LogP contribution in [0.5, 0.6) is 0 Å². The van der Waals surface area contributed by atoms with Crippen molar-refractivity contribution in [1.29, 1.82) is 0 Å². The molecule has 5 nitrogen and oxygen atoms in total. The van der Waals surface area contributed by atoms with Gasteiger partial charge in [0.05, 0.1) is 10.4 Å². The SMILES string of the molecule is CCC(CNC(=O)c1cc2cccc(Br)c2o1)C(=O)O. The lowest BCUT2D eigenvalue weighted by atomic mass is 10.1. The number of carbonyl (C=O) groups excluding carboxylic acids is 1. The van der Waals surface area contributed by atoms with Crippen LogP contribution in [0.4, 0.5) is 0 Å². The first-order valence-electron chi connectivity index (χ1n) is 6.22. The molecule has 2 aromatic rings. The van der Waals surface area contributed by atoms with Crippen molar-refractivity contribution in [2.75, 3.05) is 6.54 Å². The van der Waals surface area contributed by atoms with Gasteiger partial charge in [-0.3, -0.25) is 9.59 Å². The monoisotopic (exact) mass is 339 g/mol. The van der Waals surface area contributed by atoms with Gasteiger partial charge in [0, 0.05) is 11.9 Å². The zero-order valence-corrected chi connectivity index (χ0v) is 12.4. The van der Waals surface area contributed by atoms with Gasteiger partial charge >= 0.3 is 5.97 Å². The first-order chi connectivity index (χ1) is 9.52. The lowest BCUT2D eigenvalue weighted by Gasteiger charge is -2.09. The van der Waals surface area contributed by atoms with Crippen molar-refractivity contribution in [3.8, 4) is 0 Å². The molecule has 1 aromatic heterocycles. The molecule has 1 unspecified atom stereocenters. The molecule has 1 atom stereocenters. The van der Waals surface area contributed by atoms with E-state index in [2.05, 4.69) is 21.2 Å². The van der Waals surface area contributed by atoms with E-state index in [1.165, 1.54) is 0 Å². The van der Waals surface area contributed by atoms with Crippen LogP contribution in [0.1, 0.15) is 23.9 Å². The topological polar surface area (TPSA) is 79.5 Å². The Balaban J connectivity index is 2.12. The lowest BCUT2D eigenvalue weighted by Crippen LogP contribution is -2.32. The standard InChI is InChI=1S/C14H14BrNO4/c1-2-8(14(18)19)7-16-13(17)11-6-9-4-3-5-10(15)12(9)20-11/h3-6,8H,2,7H2,1H3,(H,16,17)(H,18,19). The predicted octanol–water partition coefficient (Wildman–Crippen LogP) is 3.04. The number of amides is 1. The van der Waals surface area contributed by atoms with Crippen molar-refractivity contribution < 1.29 is 19.1 Å². The summed E-state index contributed by atoms with van der Waals surface area (Å²) >= 11 is 3.35. The molecule has 106 valence electrons. The highest BCUT2D eigenvalue weighted by molar-refractivity contribution is 9.10. The van der Waals surface area contributed by atoms with E-state index in [4.69, 9.17) is 9.52 Å². The lowest BCUT2D eigenvalue weighted by molar-refractivity contribution is -0.141. The zero-order chi connectivity index (χ0) is 14.7. The number of carboxylic acids is 1. The molecule has 2 rings (SSSR count). The summed E-state index contributed by atoms with van der Waals surface area (Å²) in [4.78, 5) is 22.8. The number of para-hydroxylation sites is 1. The molecular formula is C14H14BrNO4. The first-order valence-corrected chi connectivity index (χ1v) is 7.01. The minimum Gasteiger partial charge on any atom is -0.481 e. The number of aliphatic carboxylic acids is 1. The zero-order valence-electron chi connectivity index (χ0n) is 10.9. The van der Waals surface area contributed by atoms with Crippen LogP contribution in [0.25, 0.3) is 11.0 Å². The number of rotatable bonds is 5. The van der Waals surface area contributed by atoms with Gasteiger partial charge in [-0.25, -0.2) is 0 Å². The van der Waals surface area contributed by atoms with Gasteiger partial charge < -0.3 is 14.8 Å². The van der Waals surface area contributed by atoms with Crippen LogP contribution in [-0.4, -0.2) is 23.5 Å². The van der Waals surface area contributed by atoms with Crippen LogP contribution >= 0.6 is 15.9 Å². The minimum atomic E-state index is -0.917. The van der Waals surface area contributed by atoms with Gasteiger partial charge in [-0.2, -0.15) is 0 Å². The fourth-order valence-electron chi connectivity index (χ4n) is 1.85. The van der Waals surface area contributed by atoms with Gasteiger partial charge in [-0.1, -0.05) is 19.1 Å². The van der Waals surface area contributed by atoms with Gasteiger partial charge in [0.1, 0.15) is 5.58 Å². The van der Waals surface area contributed by atoms with Gasteiger partial charge in [0.25, 0.3) is 5.91 Å². The van der Waals surface area contributed by atoms with Crippen LogP contribution < -0.4 is 5.32 Å². The third kappa shape index (κ3) is 3.01. The fourth-order valence-corrected chi connectivity index (χ4v) is 2.31. The molecule has 0 bridgehead atoms. The van der Waals surface area contributed by atoms with Crippen molar-refractivity contribution in [3.63, 3.8) is 0 Å². The number of furan rings is 1. The second-order valence-corrected chi connectivity index (χ2v) is 5.28. The van der Waals surface area contributed by atoms with Gasteiger partial charge in [0.2, 0.25) is 0 Å². The molecule has 0 aliphatic heterocycles. The summed E-state index contributed by atoms with van der Waals surface area (Å²) in [5, 5.41) is 12.3. The molecular weight excluding hydrogens is 326 g/mol. The molecule has 1 heterocycles. The summed E-state index contributed by atoms with van der Waals surface area (Å²) in [6.07, 6.45) is 0.460. The molecule has 0 saturated heterocycles. The fraction of sp³-hybridized carbons (Fsp3) is 0.286. The predicted molar refractivity (Wildman–Crippen MR) is 77.7 cm³/mol. The number of halogens is 1. The van der Waals surface area contributed by atoms with Gasteiger partial charge in [-0.15, -0.1) is 0 Å². The number of carbonyl (C=O) groups is 2. The molecule has 2 N–H and O–H groups in total. The molecule has 1 aromatic carbocycles. The quantitative estimate of drug-likeness (QED) is 0.877. The van der Waals surface area contributed by atoms with E-state index < -0.39 is 17.8 Å². The van der Waals surface area contributed by atoms with E-state index in [-0.39, 0.29) is 12.3 Å². The van der Waals surface area contributed by atoms with Crippen LogP contribution in [0.2, 0.25) is 0 Å². The summed E-state index contributed by atoms with van der Waals surface area (Å²) in [6.45, 7) is 1.85. The van der Waals surface area contributed by atoms with E-state index in [0.29, 0.717) is 12.0 Å². The maximum atomic E-state index is 12.0. The maximum Gasteiger partial charge on any atom is 0.308 e. The number of hydrogen-bond acceptors (Lipinski definition) is 3. The molecule has 0 aliphatic carbocycles. The molecule has 0 saturated carbocycles. The number of benzene rings is 1. The Morgan fingerprint density at radius 3 is 2.80 bits per heavy atom. The highest BCUT2D eigenvalue weighted by atomic mass is 79.9. The maximum absolute atomic E-state index is 12.0. The van der Waals surface area contributed by atoms with E-state index in [1.807, 2.05) is 18.2 Å². The van der Waals surface area contributed by atoms with E-state index in [9.17, 15) is 9.59 Å². The Hall–Kier alpha value is -1.82. The molecule has 0 radical (unpaired) electrons. The summed E-state index contributed by atoms with van der Waals surface area (Å²) < 4.78 is 6.25. The summed E-state index contributed by atoms with van der Waals surface area (Å²) in [7, 11) is 0. The van der Waals surface area contributed by atoms with Crippen LogP contribution in [0, 0.1) is 5.92 Å². The van der Waals surface area contributed by atoms with E-state index in [1.54, 1.807) is 13.0 Å². The molecule has 6 heteroatoms. The molecule has 0 spiro atoms. The van der Waals surface area contributed by atoms with Crippen LogP contribution in [0.15, 0.2) is 33.2 Å². The number of carboxylic acid groups (broad SMARTS) is 1. The molecule has 0 fully saturated rings. The second kappa shape index (κ2) is 6.09. The van der Waals surface area contributed by atoms with Crippen molar-refractivity contribution in [2.24, 2.45) is 5.92 Å². The number of hydrogen-bond donors (Lipinski definition) is 2. The Kier molecular flexibility index (Phi) is 4.44. The highest BCUT2D eigenvalue weighted by Crippen LogP contribution is 2.26. The van der Waals surface area contributed by atoms with Crippen molar-refractivity contribution in [1.82, 2.24) is 5.32 Å². The van der Waals surface area contributed by atoms with Crippen molar-refractivity contribution >= 4 is 38.8 Å². The van der Waals surface area contributed by atoms with Crippen molar-refractivity contribution in [3.05, 3.63) is 34.5 Å². The third-order valence-corrected chi connectivity index (χ3v) is 3.70. The second-order valence-electron chi connectivity index (χ2n) is 4.42. The molecule has 1 amide bonds.